The largest absolute Gasteiger partial charge is 0.338 e. The Morgan fingerprint density at radius 2 is 2.00 bits per heavy atom. The highest BCUT2D eigenvalue weighted by atomic mass is 28.2. The van der Waals surface area contributed by atoms with Gasteiger partial charge in [-0.25, -0.2) is 0 Å². The van der Waals surface area contributed by atoms with E-state index in [4.69, 9.17) is 9.47 Å². The molecule has 1 N–H and O–H groups in total. The summed E-state index contributed by atoms with van der Waals surface area (Å²) in [5.41, 5.74) is 0. The first-order valence-electron chi connectivity index (χ1n) is 2.42. The molecule has 0 amide bonds. The van der Waals surface area contributed by atoms with Crippen LogP contribution in [0.25, 0.3) is 0 Å². The van der Waals surface area contributed by atoms with Gasteiger partial charge in [-0.3, -0.25) is 4.98 Å². The molecule has 0 saturated heterocycles. The van der Waals surface area contributed by atoms with E-state index in [-0.39, 0.29) is 0 Å². The Morgan fingerprint density at radius 3 is 2.00 bits per heavy atom. The highest BCUT2D eigenvalue weighted by Crippen LogP contribution is 2.05. The topological polar surface area (TPSA) is 30.5 Å². The fourth-order valence-corrected chi connectivity index (χ4v) is 0.709. The van der Waals surface area contributed by atoms with Crippen LogP contribution < -0.4 is 4.98 Å². The number of hydrogen-bond acceptors (Lipinski definition) is 3. The summed E-state index contributed by atoms with van der Waals surface area (Å²) in [4.78, 5) is 2.61. The van der Waals surface area contributed by atoms with Crippen LogP contribution in [0.15, 0.2) is 12.7 Å². The molecule has 0 aliphatic carbocycles. The lowest BCUT2D eigenvalue weighted by Crippen LogP contribution is -2.45. The summed E-state index contributed by atoms with van der Waals surface area (Å²) in [5.74, 6) is -0.906. The van der Waals surface area contributed by atoms with Crippen LogP contribution >= 0.6 is 0 Å². The molecule has 0 unspecified atom stereocenters. The van der Waals surface area contributed by atoms with Gasteiger partial charge in [0.2, 0.25) is 5.91 Å². The fourth-order valence-electron chi connectivity index (χ4n) is 0.403. The third kappa shape index (κ3) is 1.91. The highest BCUT2D eigenvalue weighted by Gasteiger charge is 2.21. The van der Waals surface area contributed by atoms with Gasteiger partial charge in [0.15, 0.2) is 0 Å². The molecule has 3 nitrogen and oxygen atoms in total. The van der Waals surface area contributed by atoms with Gasteiger partial charge in [-0.1, -0.05) is 6.58 Å². The van der Waals surface area contributed by atoms with Crippen molar-refractivity contribution in [2.24, 2.45) is 0 Å². The summed E-state index contributed by atoms with van der Waals surface area (Å²) < 4.78 is 9.77. The first-order chi connectivity index (χ1) is 4.24. The second-order valence-corrected chi connectivity index (χ2v) is 1.65. The third-order valence-electron chi connectivity index (χ3n) is 1.05. The van der Waals surface area contributed by atoms with Crippen LogP contribution in [0.4, 0.5) is 0 Å². The molecule has 0 atom stereocenters. The van der Waals surface area contributed by atoms with Crippen molar-refractivity contribution in [3.63, 3.8) is 0 Å². The van der Waals surface area contributed by atoms with E-state index in [0.717, 1.165) is 0 Å². The number of hydrogen-bond donors (Lipinski definition) is 1. The van der Waals surface area contributed by atoms with Crippen LogP contribution in [0, 0.1) is 0 Å². The molecule has 0 spiro atoms. The van der Waals surface area contributed by atoms with E-state index < -0.39 is 5.91 Å². The van der Waals surface area contributed by atoms with Crippen LogP contribution in [0.5, 0.6) is 0 Å². The summed E-state index contributed by atoms with van der Waals surface area (Å²) >= 11 is 0. The maximum atomic E-state index is 4.89. The van der Waals surface area contributed by atoms with Crippen molar-refractivity contribution in [2.45, 2.75) is 5.91 Å². The minimum Gasteiger partial charge on any atom is -0.338 e. The quantitative estimate of drug-likeness (QED) is 0.336. The third-order valence-corrected chi connectivity index (χ3v) is 1.40. The predicted molar refractivity (Wildman–Crippen MR) is 35.8 cm³/mol. The Balaban J connectivity index is 3.98. The average Bonchev–Trinajstić information content (AvgIpc) is 1.95. The van der Waals surface area contributed by atoms with E-state index in [1.165, 1.54) is 20.3 Å². The van der Waals surface area contributed by atoms with Crippen molar-refractivity contribution in [2.75, 3.05) is 14.2 Å². The molecule has 0 saturated carbocycles. The Bertz CT molecular complexity index is 84.7. The maximum absolute atomic E-state index is 4.89. The maximum Gasteiger partial charge on any atom is 0.241 e. The van der Waals surface area contributed by atoms with Crippen molar-refractivity contribution in [1.29, 1.82) is 0 Å². The molecule has 51 valence electrons. The zero-order valence-corrected chi connectivity index (χ0v) is 6.60. The Hall–Kier alpha value is -0.163. The fraction of sp³-hybridized carbons (Fsp3) is 0.600. The van der Waals surface area contributed by atoms with Gasteiger partial charge in [0.25, 0.3) is 0 Å². The SMILES string of the molecule is C=CC(N[Si])(OC)OC. The van der Waals surface area contributed by atoms with Gasteiger partial charge in [-0.15, -0.1) is 0 Å². The standard InChI is InChI=1S/C5H10NO2Si/c1-4-5(6-9,7-2)8-3/h4,6H,1H2,2-3H3. The molecule has 0 heterocycles. The van der Waals surface area contributed by atoms with Crippen molar-refractivity contribution < 1.29 is 9.47 Å². The van der Waals surface area contributed by atoms with Crippen molar-refractivity contribution >= 4 is 10.4 Å². The first-order valence-corrected chi connectivity index (χ1v) is 2.92. The van der Waals surface area contributed by atoms with Crippen LogP contribution in [0.3, 0.4) is 0 Å². The highest BCUT2D eigenvalue weighted by molar-refractivity contribution is 6.04. The average molecular weight is 144 g/mol. The van der Waals surface area contributed by atoms with Gasteiger partial charge in [-0.2, -0.15) is 0 Å². The van der Waals surface area contributed by atoms with E-state index in [9.17, 15) is 0 Å². The minimum absolute atomic E-state index is 0.906. The molecule has 0 fully saturated rings. The van der Waals surface area contributed by atoms with Crippen LogP contribution in [-0.2, 0) is 9.47 Å². The Morgan fingerprint density at radius 1 is 1.56 bits per heavy atom. The van der Waals surface area contributed by atoms with Gasteiger partial charge < -0.3 is 9.47 Å². The monoisotopic (exact) mass is 144 g/mol. The molecule has 4 heteroatoms. The van der Waals surface area contributed by atoms with Crippen molar-refractivity contribution in [3.8, 4) is 0 Å². The molecule has 0 aromatic heterocycles. The zero-order chi connectivity index (χ0) is 7.33. The van der Waals surface area contributed by atoms with Gasteiger partial charge in [-0.05, 0) is 6.08 Å². The molecule has 0 rings (SSSR count). The molecule has 0 bridgehead atoms. The Kier molecular flexibility index (Phi) is 3.72. The van der Waals surface area contributed by atoms with Gasteiger partial charge in [0, 0.05) is 14.2 Å². The molecule has 0 aliphatic heterocycles. The number of nitrogens with one attached hydrogen (secondary N) is 1. The predicted octanol–water partition coefficient (Wildman–Crippen LogP) is -0.208. The van der Waals surface area contributed by atoms with Crippen LogP contribution in [0.1, 0.15) is 0 Å². The lowest BCUT2D eigenvalue weighted by atomic mass is 10.5. The lowest BCUT2D eigenvalue weighted by Gasteiger charge is -2.25. The number of methoxy groups -OCH3 is 2. The minimum atomic E-state index is -0.906. The number of rotatable bonds is 4. The molecule has 0 aliphatic rings. The van der Waals surface area contributed by atoms with E-state index in [1.807, 2.05) is 0 Å². The Labute approximate surface area is 58.5 Å². The normalized spacial score (nSPS) is 11.4. The molecule has 0 aromatic carbocycles. The molecule has 9 heavy (non-hydrogen) atoms. The van der Waals surface area contributed by atoms with Gasteiger partial charge in [0.05, 0.1) is 0 Å². The first kappa shape index (κ1) is 8.84. The van der Waals surface area contributed by atoms with E-state index in [0.29, 0.717) is 0 Å². The molecule has 0 aromatic rings. The molecular weight excluding hydrogens is 134 g/mol. The smallest absolute Gasteiger partial charge is 0.241 e. The van der Waals surface area contributed by atoms with Crippen LogP contribution in [0.2, 0.25) is 0 Å². The number of ether oxygens (including phenoxy) is 2. The van der Waals surface area contributed by atoms with E-state index in [1.54, 1.807) is 0 Å². The molecule has 3 radical (unpaired) electrons. The van der Waals surface area contributed by atoms with Gasteiger partial charge >= 0.3 is 0 Å². The van der Waals surface area contributed by atoms with E-state index >= 15 is 0 Å². The lowest BCUT2D eigenvalue weighted by molar-refractivity contribution is -0.177. The summed E-state index contributed by atoms with van der Waals surface area (Å²) in [5, 5.41) is 0. The van der Waals surface area contributed by atoms with Crippen molar-refractivity contribution in [1.82, 2.24) is 4.98 Å². The summed E-state index contributed by atoms with van der Waals surface area (Å²) in [6.07, 6.45) is 1.50. The van der Waals surface area contributed by atoms with Crippen LogP contribution in [-0.4, -0.2) is 30.5 Å². The zero-order valence-electron chi connectivity index (χ0n) is 5.60. The van der Waals surface area contributed by atoms with Gasteiger partial charge in [0.1, 0.15) is 10.4 Å². The summed E-state index contributed by atoms with van der Waals surface area (Å²) in [6.45, 7) is 3.50. The second-order valence-electron chi connectivity index (χ2n) is 1.40. The summed E-state index contributed by atoms with van der Waals surface area (Å²) in [7, 11) is 6.05. The second kappa shape index (κ2) is 3.79. The summed E-state index contributed by atoms with van der Waals surface area (Å²) in [6, 6.07) is 0. The van der Waals surface area contributed by atoms with E-state index in [2.05, 4.69) is 22.0 Å². The van der Waals surface area contributed by atoms with Crippen molar-refractivity contribution in [3.05, 3.63) is 12.7 Å². The molecular formula is C5H10NO2Si.